The first-order chi connectivity index (χ1) is 7.59. The van der Waals surface area contributed by atoms with Crippen LogP contribution in [0.5, 0.6) is 0 Å². The first-order valence-electron chi connectivity index (χ1n) is 5.31. The van der Waals surface area contributed by atoms with Gasteiger partial charge in [0, 0.05) is 19.2 Å². The van der Waals surface area contributed by atoms with Crippen molar-refractivity contribution in [2.24, 2.45) is 0 Å². The van der Waals surface area contributed by atoms with E-state index in [0.29, 0.717) is 0 Å². The molecule has 2 nitrogen and oxygen atoms in total. The molecule has 2 rings (SSSR count). The Kier molecular flexibility index (Phi) is 2.77. The molecule has 0 aliphatic carbocycles. The molecule has 0 atom stereocenters. The number of hydrogen-bond donors (Lipinski definition) is 0. The molecule has 1 amide bonds. The van der Waals surface area contributed by atoms with Gasteiger partial charge in [0.2, 0.25) is 5.91 Å². The Labute approximate surface area is 94.4 Å². The van der Waals surface area contributed by atoms with Crippen LogP contribution < -0.4 is 0 Å². The maximum Gasteiger partial charge on any atom is 0.249 e. The number of halogens is 1. The van der Waals surface area contributed by atoms with E-state index in [0.717, 1.165) is 29.7 Å². The molecule has 16 heavy (non-hydrogen) atoms. The van der Waals surface area contributed by atoms with E-state index in [-0.39, 0.29) is 11.7 Å². The van der Waals surface area contributed by atoms with Crippen molar-refractivity contribution in [2.45, 2.75) is 13.3 Å². The standard InChI is InChI=1S/C13H14FNO/c1-9-12(7-8-15(2)13(9)16)10-3-5-11(14)6-4-10/h3-6H,7-8H2,1-2H3. The lowest BCUT2D eigenvalue weighted by Gasteiger charge is -2.26. The second-order valence-corrected chi connectivity index (χ2v) is 4.09. The highest BCUT2D eigenvalue weighted by molar-refractivity contribution is 6.02. The number of rotatable bonds is 1. The van der Waals surface area contributed by atoms with Gasteiger partial charge in [-0.15, -0.1) is 0 Å². The van der Waals surface area contributed by atoms with E-state index in [1.165, 1.54) is 12.1 Å². The molecule has 0 aromatic heterocycles. The first kappa shape index (κ1) is 10.9. The smallest absolute Gasteiger partial charge is 0.249 e. The molecular formula is C13H14FNO. The van der Waals surface area contributed by atoms with Crippen LogP contribution in [-0.4, -0.2) is 24.4 Å². The van der Waals surface area contributed by atoms with E-state index >= 15 is 0 Å². The van der Waals surface area contributed by atoms with Crippen molar-refractivity contribution in [2.75, 3.05) is 13.6 Å². The SMILES string of the molecule is CC1=C(c2ccc(F)cc2)CCN(C)C1=O. The summed E-state index contributed by atoms with van der Waals surface area (Å²) in [5.41, 5.74) is 2.74. The molecule has 0 spiro atoms. The fourth-order valence-electron chi connectivity index (χ4n) is 2.00. The summed E-state index contributed by atoms with van der Waals surface area (Å²) in [5.74, 6) is -0.188. The van der Waals surface area contributed by atoms with Crippen molar-refractivity contribution in [1.82, 2.24) is 4.90 Å². The summed E-state index contributed by atoms with van der Waals surface area (Å²) in [6.45, 7) is 2.56. The van der Waals surface area contributed by atoms with Crippen molar-refractivity contribution >= 4 is 11.5 Å². The minimum atomic E-state index is -0.249. The third-order valence-corrected chi connectivity index (χ3v) is 3.01. The number of benzene rings is 1. The fourth-order valence-corrected chi connectivity index (χ4v) is 2.00. The molecule has 1 heterocycles. The zero-order valence-electron chi connectivity index (χ0n) is 9.46. The largest absolute Gasteiger partial charge is 0.342 e. The van der Waals surface area contributed by atoms with Crippen LogP contribution in [0.2, 0.25) is 0 Å². The highest BCUT2D eigenvalue weighted by atomic mass is 19.1. The molecule has 0 radical (unpaired) electrons. The first-order valence-corrected chi connectivity index (χ1v) is 5.31. The number of likely N-dealkylation sites (N-methyl/N-ethyl adjacent to an activating group) is 1. The maximum atomic E-state index is 12.8. The third kappa shape index (κ3) is 1.85. The van der Waals surface area contributed by atoms with Crippen LogP contribution in [0, 0.1) is 5.82 Å². The summed E-state index contributed by atoms with van der Waals surface area (Å²) in [6, 6.07) is 6.32. The molecule has 0 bridgehead atoms. The molecule has 1 aromatic rings. The Morgan fingerprint density at radius 2 is 1.88 bits per heavy atom. The Morgan fingerprint density at radius 3 is 2.50 bits per heavy atom. The molecule has 0 saturated heterocycles. The molecule has 84 valence electrons. The Balaban J connectivity index is 2.41. The van der Waals surface area contributed by atoms with Crippen molar-refractivity contribution in [3.63, 3.8) is 0 Å². The van der Waals surface area contributed by atoms with E-state index in [1.807, 2.05) is 6.92 Å². The Bertz CT molecular complexity index is 448. The van der Waals surface area contributed by atoms with Crippen LogP contribution in [0.1, 0.15) is 18.9 Å². The Hall–Kier alpha value is -1.64. The predicted octanol–water partition coefficient (Wildman–Crippen LogP) is 2.46. The molecule has 3 heteroatoms. The minimum absolute atomic E-state index is 0.0607. The average Bonchev–Trinajstić information content (AvgIpc) is 2.28. The van der Waals surface area contributed by atoms with Crippen molar-refractivity contribution in [3.05, 3.63) is 41.2 Å². The quantitative estimate of drug-likeness (QED) is 0.710. The van der Waals surface area contributed by atoms with Crippen molar-refractivity contribution in [1.29, 1.82) is 0 Å². The molecule has 1 aliphatic heterocycles. The minimum Gasteiger partial charge on any atom is -0.342 e. The van der Waals surface area contributed by atoms with Crippen molar-refractivity contribution in [3.8, 4) is 0 Å². The molecule has 0 saturated carbocycles. The number of carbonyl (C=O) groups excluding carboxylic acids is 1. The van der Waals surface area contributed by atoms with E-state index in [4.69, 9.17) is 0 Å². The van der Waals surface area contributed by atoms with Crippen molar-refractivity contribution < 1.29 is 9.18 Å². The van der Waals surface area contributed by atoms with Crippen LogP contribution in [0.3, 0.4) is 0 Å². The highest BCUT2D eigenvalue weighted by Crippen LogP contribution is 2.27. The second-order valence-electron chi connectivity index (χ2n) is 4.09. The highest BCUT2D eigenvalue weighted by Gasteiger charge is 2.21. The molecule has 0 N–H and O–H groups in total. The Morgan fingerprint density at radius 1 is 1.25 bits per heavy atom. The third-order valence-electron chi connectivity index (χ3n) is 3.01. The summed E-state index contributed by atoms with van der Waals surface area (Å²) < 4.78 is 12.8. The van der Waals surface area contributed by atoms with Crippen LogP contribution in [-0.2, 0) is 4.79 Å². The van der Waals surface area contributed by atoms with E-state index in [9.17, 15) is 9.18 Å². The monoisotopic (exact) mass is 219 g/mol. The lowest BCUT2D eigenvalue weighted by molar-refractivity contribution is -0.126. The van der Waals surface area contributed by atoms with Gasteiger partial charge in [-0.3, -0.25) is 4.79 Å². The summed E-state index contributed by atoms with van der Waals surface area (Å²) in [4.78, 5) is 13.5. The van der Waals surface area contributed by atoms with Gasteiger partial charge in [-0.2, -0.15) is 0 Å². The van der Waals surface area contributed by atoms with Crippen LogP contribution >= 0.6 is 0 Å². The number of amides is 1. The lowest BCUT2D eigenvalue weighted by Crippen LogP contribution is -2.32. The number of hydrogen-bond acceptors (Lipinski definition) is 1. The fraction of sp³-hybridized carbons (Fsp3) is 0.308. The zero-order valence-corrected chi connectivity index (χ0v) is 9.46. The normalized spacial score (nSPS) is 16.9. The van der Waals surface area contributed by atoms with Gasteiger partial charge >= 0.3 is 0 Å². The maximum absolute atomic E-state index is 12.8. The summed E-state index contributed by atoms with van der Waals surface area (Å²) >= 11 is 0. The van der Waals surface area contributed by atoms with Gasteiger partial charge in [0.05, 0.1) is 0 Å². The predicted molar refractivity (Wildman–Crippen MR) is 61.2 cm³/mol. The van der Waals surface area contributed by atoms with Gasteiger partial charge < -0.3 is 4.90 Å². The van der Waals surface area contributed by atoms with Gasteiger partial charge in [0.15, 0.2) is 0 Å². The van der Waals surface area contributed by atoms with Crippen LogP contribution in [0.25, 0.3) is 5.57 Å². The van der Waals surface area contributed by atoms with Crippen LogP contribution in [0.15, 0.2) is 29.8 Å². The van der Waals surface area contributed by atoms with E-state index in [2.05, 4.69) is 0 Å². The van der Waals surface area contributed by atoms with Gasteiger partial charge in [-0.05, 0) is 36.6 Å². The van der Waals surface area contributed by atoms with Gasteiger partial charge in [0.25, 0.3) is 0 Å². The number of nitrogens with zero attached hydrogens (tertiary/aromatic N) is 1. The average molecular weight is 219 g/mol. The molecule has 1 aliphatic rings. The lowest BCUT2D eigenvalue weighted by atomic mass is 9.94. The summed E-state index contributed by atoms with van der Waals surface area (Å²) in [6.07, 6.45) is 0.833. The zero-order chi connectivity index (χ0) is 11.7. The van der Waals surface area contributed by atoms with Gasteiger partial charge in [0.1, 0.15) is 5.82 Å². The molecular weight excluding hydrogens is 205 g/mol. The van der Waals surface area contributed by atoms with E-state index < -0.39 is 0 Å². The topological polar surface area (TPSA) is 20.3 Å². The van der Waals surface area contributed by atoms with Crippen LogP contribution in [0.4, 0.5) is 4.39 Å². The second kappa shape index (κ2) is 4.08. The molecule has 1 aromatic carbocycles. The summed E-state index contributed by atoms with van der Waals surface area (Å²) in [7, 11) is 1.80. The molecule has 0 fully saturated rings. The molecule has 0 unspecified atom stereocenters. The van der Waals surface area contributed by atoms with Gasteiger partial charge in [-0.1, -0.05) is 12.1 Å². The summed E-state index contributed by atoms with van der Waals surface area (Å²) in [5, 5.41) is 0. The van der Waals surface area contributed by atoms with E-state index in [1.54, 1.807) is 24.1 Å². The van der Waals surface area contributed by atoms with Gasteiger partial charge in [-0.25, -0.2) is 4.39 Å². The number of carbonyl (C=O) groups is 1.